The summed E-state index contributed by atoms with van der Waals surface area (Å²) in [5.41, 5.74) is 5.74. The topological polar surface area (TPSA) is 92.5 Å². The van der Waals surface area contributed by atoms with Gasteiger partial charge in [0.05, 0.1) is 10.4 Å². The molecular weight excluding hydrogens is 326 g/mol. The third-order valence-electron chi connectivity index (χ3n) is 2.97. The molecule has 1 aromatic carbocycles. The van der Waals surface area contributed by atoms with Gasteiger partial charge in [0.2, 0.25) is 15.9 Å². The molecule has 1 aromatic rings. The van der Waals surface area contributed by atoms with Crippen LogP contribution in [0.5, 0.6) is 0 Å². The van der Waals surface area contributed by atoms with Gasteiger partial charge in [0, 0.05) is 20.1 Å². The smallest absolute Gasteiger partial charge is 0.241 e. The zero-order valence-corrected chi connectivity index (χ0v) is 14.9. The van der Waals surface area contributed by atoms with Crippen LogP contribution in [0.15, 0.2) is 29.2 Å². The molecule has 0 radical (unpaired) electrons. The Balaban J connectivity index is 0.00000441. The third kappa shape index (κ3) is 5.92. The van der Waals surface area contributed by atoms with Crippen molar-refractivity contribution in [3.8, 4) is 0 Å². The summed E-state index contributed by atoms with van der Waals surface area (Å²) in [4.78, 5) is 13.5. The van der Waals surface area contributed by atoms with E-state index >= 15 is 0 Å². The number of sulfonamides is 1. The number of nitrogens with zero attached hydrogens (tertiary/aromatic N) is 1. The highest BCUT2D eigenvalue weighted by Crippen LogP contribution is 2.09. The molecule has 0 saturated carbocycles. The molecule has 0 heterocycles. The maximum Gasteiger partial charge on any atom is 0.241 e. The van der Waals surface area contributed by atoms with E-state index in [0.717, 1.165) is 5.56 Å². The summed E-state index contributed by atoms with van der Waals surface area (Å²) in [6.45, 7) is 5.50. The van der Waals surface area contributed by atoms with Crippen molar-refractivity contribution < 1.29 is 13.2 Å². The Bertz CT molecular complexity index is 595. The van der Waals surface area contributed by atoms with Crippen molar-refractivity contribution in [2.75, 3.05) is 20.1 Å². The Kier molecular flexibility index (Phi) is 7.50. The van der Waals surface area contributed by atoms with Gasteiger partial charge in [-0.2, -0.15) is 0 Å². The molecule has 0 fully saturated rings. The van der Waals surface area contributed by atoms with Crippen molar-refractivity contribution in [1.82, 2.24) is 9.62 Å². The molecule has 0 spiro atoms. The molecule has 1 rings (SSSR count). The monoisotopic (exact) mass is 349 g/mol. The van der Waals surface area contributed by atoms with Crippen LogP contribution in [0.3, 0.4) is 0 Å². The number of hydrogen-bond donors (Lipinski definition) is 2. The van der Waals surface area contributed by atoms with E-state index in [2.05, 4.69) is 4.72 Å². The predicted molar refractivity (Wildman–Crippen MR) is 89.5 cm³/mol. The maximum atomic E-state index is 12.1. The van der Waals surface area contributed by atoms with E-state index in [1.54, 1.807) is 45.2 Å². The number of carbonyl (C=O) groups is 1. The van der Waals surface area contributed by atoms with E-state index in [0.29, 0.717) is 0 Å². The molecule has 126 valence electrons. The summed E-state index contributed by atoms with van der Waals surface area (Å²) in [6.07, 6.45) is 0. The van der Waals surface area contributed by atoms with Crippen LogP contribution in [0.4, 0.5) is 0 Å². The first kappa shape index (κ1) is 20.9. The third-order valence-corrected chi connectivity index (χ3v) is 4.45. The summed E-state index contributed by atoms with van der Waals surface area (Å²) >= 11 is 0. The summed E-state index contributed by atoms with van der Waals surface area (Å²) in [5.74, 6) is -0.239. The van der Waals surface area contributed by atoms with Gasteiger partial charge in [-0.25, -0.2) is 13.1 Å². The van der Waals surface area contributed by atoms with E-state index in [1.165, 1.54) is 4.90 Å². The molecule has 0 aliphatic rings. The molecule has 1 amide bonds. The highest BCUT2D eigenvalue weighted by molar-refractivity contribution is 7.89. The molecule has 22 heavy (non-hydrogen) atoms. The van der Waals surface area contributed by atoms with Crippen LogP contribution >= 0.6 is 12.4 Å². The van der Waals surface area contributed by atoms with E-state index < -0.39 is 15.6 Å². The van der Waals surface area contributed by atoms with Gasteiger partial charge in [-0.1, -0.05) is 17.7 Å². The minimum absolute atomic E-state index is 0. The molecule has 0 unspecified atom stereocenters. The highest BCUT2D eigenvalue weighted by atomic mass is 35.5. The lowest BCUT2D eigenvalue weighted by Gasteiger charge is -2.25. The molecule has 0 aromatic heterocycles. The predicted octanol–water partition coefficient (Wildman–Crippen LogP) is 0.891. The van der Waals surface area contributed by atoms with Gasteiger partial charge in [0.1, 0.15) is 0 Å². The minimum atomic E-state index is -3.55. The minimum Gasteiger partial charge on any atom is -0.343 e. The Labute approximate surface area is 138 Å². The van der Waals surface area contributed by atoms with Gasteiger partial charge < -0.3 is 10.6 Å². The summed E-state index contributed by atoms with van der Waals surface area (Å²) in [5, 5.41) is 0. The number of nitrogens with two attached hydrogens (primary N) is 1. The highest BCUT2D eigenvalue weighted by Gasteiger charge is 2.25. The van der Waals surface area contributed by atoms with Crippen LogP contribution in [0.25, 0.3) is 0 Å². The molecule has 0 bridgehead atoms. The van der Waals surface area contributed by atoms with Crippen LogP contribution in [0, 0.1) is 6.92 Å². The fourth-order valence-corrected chi connectivity index (χ4v) is 2.76. The molecule has 0 atom stereocenters. The number of halogens is 1. The standard InChI is InChI=1S/C14H23N3O3S.ClH/c1-11-5-7-12(8-6-11)21(19,20)16-9-10-17(4)13(18)14(2,3)15;/h5-8,16H,9-10,15H2,1-4H3;1H. The van der Waals surface area contributed by atoms with Crippen molar-refractivity contribution in [2.24, 2.45) is 5.73 Å². The van der Waals surface area contributed by atoms with Crippen molar-refractivity contribution in [3.05, 3.63) is 29.8 Å². The number of amides is 1. The lowest BCUT2D eigenvalue weighted by Crippen LogP contribution is -2.51. The molecule has 3 N–H and O–H groups in total. The lowest BCUT2D eigenvalue weighted by atomic mass is 10.1. The molecule has 0 aliphatic carbocycles. The second-order valence-electron chi connectivity index (χ2n) is 5.66. The quantitative estimate of drug-likeness (QED) is 0.797. The molecule has 0 saturated heterocycles. The van der Waals surface area contributed by atoms with Crippen LogP contribution in [-0.2, 0) is 14.8 Å². The van der Waals surface area contributed by atoms with E-state index in [-0.39, 0.29) is 36.3 Å². The number of hydrogen-bond acceptors (Lipinski definition) is 4. The largest absolute Gasteiger partial charge is 0.343 e. The Hall–Kier alpha value is -1.15. The second-order valence-corrected chi connectivity index (χ2v) is 7.43. The van der Waals surface area contributed by atoms with E-state index in [9.17, 15) is 13.2 Å². The normalized spacial score (nSPS) is 11.7. The molecule has 0 aliphatic heterocycles. The summed E-state index contributed by atoms with van der Waals surface area (Å²) < 4.78 is 26.6. The number of carbonyl (C=O) groups excluding carboxylic acids is 1. The molecule has 6 nitrogen and oxygen atoms in total. The number of nitrogens with one attached hydrogen (secondary N) is 1. The van der Waals surface area contributed by atoms with Gasteiger partial charge >= 0.3 is 0 Å². The molecular formula is C14H24ClN3O3S. The average molecular weight is 350 g/mol. The van der Waals surface area contributed by atoms with E-state index in [4.69, 9.17) is 5.73 Å². The summed E-state index contributed by atoms with van der Waals surface area (Å²) in [7, 11) is -1.96. The van der Waals surface area contributed by atoms with Crippen molar-refractivity contribution >= 4 is 28.3 Å². The zero-order chi connectivity index (χ0) is 16.3. The van der Waals surface area contributed by atoms with Crippen LogP contribution in [0.2, 0.25) is 0 Å². The van der Waals surface area contributed by atoms with Gasteiger partial charge in [0.15, 0.2) is 0 Å². The van der Waals surface area contributed by atoms with Crippen LogP contribution in [0.1, 0.15) is 19.4 Å². The van der Waals surface area contributed by atoms with Gasteiger partial charge in [-0.05, 0) is 32.9 Å². The van der Waals surface area contributed by atoms with E-state index in [1.807, 2.05) is 6.92 Å². The number of rotatable bonds is 6. The van der Waals surface area contributed by atoms with Crippen molar-refractivity contribution in [2.45, 2.75) is 31.2 Å². The Morgan fingerprint density at radius 2 is 1.77 bits per heavy atom. The zero-order valence-electron chi connectivity index (χ0n) is 13.3. The van der Waals surface area contributed by atoms with Crippen molar-refractivity contribution in [1.29, 1.82) is 0 Å². The first-order valence-electron chi connectivity index (χ1n) is 6.65. The van der Waals surface area contributed by atoms with Gasteiger partial charge in [-0.3, -0.25) is 4.79 Å². The fraction of sp³-hybridized carbons (Fsp3) is 0.500. The van der Waals surface area contributed by atoms with Gasteiger partial charge in [0.25, 0.3) is 0 Å². The first-order chi connectivity index (χ1) is 9.54. The Morgan fingerprint density at radius 3 is 2.23 bits per heavy atom. The second kappa shape index (κ2) is 7.92. The number of aryl methyl sites for hydroxylation is 1. The lowest BCUT2D eigenvalue weighted by molar-refractivity contribution is -0.134. The molecule has 8 heteroatoms. The number of likely N-dealkylation sites (N-methyl/N-ethyl adjacent to an activating group) is 1. The maximum absolute atomic E-state index is 12.1. The fourth-order valence-electron chi connectivity index (χ4n) is 1.74. The van der Waals surface area contributed by atoms with Crippen molar-refractivity contribution in [3.63, 3.8) is 0 Å². The van der Waals surface area contributed by atoms with Crippen LogP contribution in [-0.4, -0.2) is 44.9 Å². The average Bonchev–Trinajstić information content (AvgIpc) is 2.36. The SMILES string of the molecule is Cc1ccc(S(=O)(=O)NCCN(C)C(=O)C(C)(C)N)cc1.Cl. The Morgan fingerprint density at radius 1 is 1.27 bits per heavy atom. The van der Waals surface area contributed by atoms with Crippen LogP contribution < -0.4 is 10.5 Å². The summed E-state index contributed by atoms with van der Waals surface area (Å²) in [6, 6.07) is 6.58. The first-order valence-corrected chi connectivity index (χ1v) is 8.13. The van der Waals surface area contributed by atoms with Gasteiger partial charge in [-0.15, -0.1) is 12.4 Å². The number of benzene rings is 1.